The summed E-state index contributed by atoms with van der Waals surface area (Å²) in [5.41, 5.74) is 2.52. The molecule has 108 valence electrons. The zero-order chi connectivity index (χ0) is 15.4. The van der Waals surface area contributed by atoms with Crippen molar-refractivity contribution >= 4 is 22.8 Å². The van der Waals surface area contributed by atoms with Crippen LogP contribution in [0.4, 0.5) is 17.1 Å². The zero-order valence-electron chi connectivity index (χ0n) is 11.9. The van der Waals surface area contributed by atoms with Crippen molar-refractivity contribution < 1.29 is 9.72 Å². The molecule has 21 heavy (non-hydrogen) atoms. The van der Waals surface area contributed by atoms with Gasteiger partial charge in [0.25, 0.3) is 5.69 Å². The molecule has 0 heterocycles. The summed E-state index contributed by atoms with van der Waals surface area (Å²) in [5, 5.41) is 14.2. The fourth-order valence-electron chi connectivity index (χ4n) is 2.03. The van der Waals surface area contributed by atoms with Gasteiger partial charge < -0.3 is 5.32 Å². The first-order valence-corrected chi connectivity index (χ1v) is 6.66. The van der Waals surface area contributed by atoms with E-state index in [0.29, 0.717) is 11.3 Å². The lowest BCUT2D eigenvalue weighted by molar-refractivity contribution is -0.383. The summed E-state index contributed by atoms with van der Waals surface area (Å²) in [5.74, 6) is -0.197. The summed E-state index contributed by atoms with van der Waals surface area (Å²) in [4.78, 5) is 22.0. The standard InChI is InChI=1S/C16H16N2O3/c1-3-12-5-4-6-14(9-12)17-15-8-7-13(11(2)19)10-16(15)18(20)21/h4-10,17H,3H2,1-2H3. The summed E-state index contributed by atoms with van der Waals surface area (Å²) < 4.78 is 0. The molecule has 5 heteroatoms. The second-order valence-electron chi connectivity index (χ2n) is 4.72. The fraction of sp³-hybridized carbons (Fsp3) is 0.188. The van der Waals surface area contributed by atoms with E-state index < -0.39 is 4.92 Å². The number of hydrogen-bond donors (Lipinski definition) is 1. The molecule has 5 nitrogen and oxygen atoms in total. The number of anilines is 2. The van der Waals surface area contributed by atoms with E-state index in [-0.39, 0.29) is 11.5 Å². The van der Waals surface area contributed by atoms with E-state index in [0.717, 1.165) is 17.7 Å². The van der Waals surface area contributed by atoms with E-state index in [4.69, 9.17) is 0 Å². The first-order chi connectivity index (χ1) is 10.0. The summed E-state index contributed by atoms with van der Waals surface area (Å²) in [6.45, 7) is 3.43. The molecule has 1 N–H and O–H groups in total. The number of rotatable bonds is 5. The van der Waals surface area contributed by atoms with Crippen molar-refractivity contribution in [1.29, 1.82) is 0 Å². The van der Waals surface area contributed by atoms with E-state index in [1.54, 1.807) is 12.1 Å². The van der Waals surface area contributed by atoms with Crippen LogP contribution in [-0.4, -0.2) is 10.7 Å². The van der Waals surface area contributed by atoms with Crippen LogP contribution in [0.15, 0.2) is 42.5 Å². The van der Waals surface area contributed by atoms with E-state index in [1.165, 1.54) is 13.0 Å². The van der Waals surface area contributed by atoms with Crippen molar-refractivity contribution in [3.63, 3.8) is 0 Å². The third kappa shape index (κ3) is 3.45. The van der Waals surface area contributed by atoms with Gasteiger partial charge in [0, 0.05) is 17.3 Å². The number of benzene rings is 2. The highest BCUT2D eigenvalue weighted by Gasteiger charge is 2.16. The van der Waals surface area contributed by atoms with E-state index >= 15 is 0 Å². The molecule has 0 bridgehead atoms. The molecule has 0 spiro atoms. The number of ketones is 1. The first kappa shape index (κ1) is 14.7. The Hall–Kier alpha value is -2.69. The van der Waals surface area contributed by atoms with Crippen molar-refractivity contribution in [2.75, 3.05) is 5.32 Å². The van der Waals surface area contributed by atoms with Crippen molar-refractivity contribution in [1.82, 2.24) is 0 Å². The Morgan fingerprint density at radius 2 is 2.00 bits per heavy atom. The molecule has 0 atom stereocenters. The molecule has 0 aliphatic heterocycles. The van der Waals surface area contributed by atoms with Crippen molar-refractivity contribution in [2.24, 2.45) is 0 Å². The third-order valence-electron chi connectivity index (χ3n) is 3.22. The van der Waals surface area contributed by atoms with Crippen LogP contribution in [-0.2, 0) is 6.42 Å². The predicted molar refractivity (Wildman–Crippen MR) is 82.2 cm³/mol. The molecule has 2 rings (SSSR count). The number of nitrogens with zero attached hydrogens (tertiary/aromatic N) is 1. The van der Waals surface area contributed by atoms with Gasteiger partial charge in [0.15, 0.2) is 5.78 Å². The molecule has 0 saturated carbocycles. The van der Waals surface area contributed by atoms with Crippen LogP contribution in [0.3, 0.4) is 0 Å². The summed E-state index contributed by atoms with van der Waals surface area (Å²) >= 11 is 0. The lowest BCUT2D eigenvalue weighted by atomic mass is 10.1. The minimum Gasteiger partial charge on any atom is -0.350 e. The van der Waals surface area contributed by atoms with Gasteiger partial charge in [-0.15, -0.1) is 0 Å². The van der Waals surface area contributed by atoms with Gasteiger partial charge in [-0.1, -0.05) is 19.1 Å². The first-order valence-electron chi connectivity index (χ1n) is 6.66. The number of nitro benzene ring substituents is 1. The van der Waals surface area contributed by atoms with Gasteiger partial charge in [0.05, 0.1) is 4.92 Å². The summed E-state index contributed by atoms with van der Waals surface area (Å²) in [6.07, 6.45) is 0.890. The maximum Gasteiger partial charge on any atom is 0.293 e. The highest BCUT2D eigenvalue weighted by Crippen LogP contribution is 2.29. The summed E-state index contributed by atoms with van der Waals surface area (Å²) in [7, 11) is 0. The van der Waals surface area contributed by atoms with Crippen LogP contribution in [0.5, 0.6) is 0 Å². The maximum atomic E-state index is 11.3. The van der Waals surface area contributed by atoms with Gasteiger partial charge in [-0.25, -0.2) is 0 Å². The SMILES string of the molecule is CCc1cccc(Nc2ccc(C(C)=O)cc2[N+](=O)[O-])c1. The normalized spacial score (nSPS) is 10.2. The number of nitrogens with one attached hydrogen (secondary N) is 1. The smallest absolute Gasteiger partial charge is 0.293 e. The van der Waals surface area contributed by atoms with Crippen LogP contribution < -0.4 is 5.32 Å². The number of aryl methyl sites for hydroxylation is 1. The van der Waals surface area contributed by atoms with E-state index in [1.807, 2.05) is 31.2 Å². The quantitative estimate of drug-likeness (QED) is 0.509. The van der Waals surface area contributed by atoms with E-state index in [9.17, 15) is 14.9 Å². The average Bonchev–Trinajstić information content (AvgIpc) is 2.47. The predicted octanol–water partition coefficient (Wildman–Crippen LogP) is 4.10. The molecular weight excluding hydrogens is 268 g/mol. The lowest BCUT2D eigenvalue weighted by Crippen LogP contribution is -2.00. The third-order valence-corrected chi connectivity index (χ3v) is 3.22. The van der Waals surface area contributed by atoms with Crippen molar-refractivity contribution in [2.45, 2.75) is 20.3 Å². The van der Waals surface area contributed by atoms with Gasteiger partial charge in [0.2, 0.25) is 0 Å². The highest BCUT2D eigenvalue weighted by atomic mass is 16.6. The van der Waals surface area contributed by atoms with Gasteiger partial charge >= 0.3 is 0 Å². The number of carbonyl (C=O) groups is 1. The Bertz CT molecular complexity index is 696. The number of hydrogen-bond acceptors (Lipinski definition) is 4. The zero-order valence-corrected chi connectivity index (χ0v) is 11.9. The average molecular weight is 284 g/mol. The van der Waals surface area contributed by atoms with Crippen LogP contribution in [0.2, 0.25) is 0 Å². The summed E-state index contributed by atoms with van der Waals surface area (Å²) in [6, 6.07) is 12.1. The maximum absolute atomic E-state index is 11.3. The molecule has 0 unspecified atom stereocenters. The Labute approximate surface area is 122 Å². The van der Waals surface area contributed by atoms with Crippen molar-refractivity contribution in [3.8, 4) is 0 Å². The largest absolute Gasteiger partial charge is 0.350 e. The molecule has 2 aromatic rings. The van der Waals surface area contributed by atoms with Crippen molar-refractivity contribution in [3.05, 3.63) is 63.7 Å². The highest BCUT2D eigenvalue weighted by molar-refractivity contribution is 5.95. The van der Waals surface area contributed by atoms with Crippen LogP contribution >= 0.6 is 0 Å². The molecular formula is C16H16N2O3. The Morgan fingerprint density at radius 3 is 2.62 bits per heavy atom. The second-order valence-corrected chi connectivity index (χ2v) is 4.72. The topological polar surface area (TPSA) is 72.2 Å². The molecule has 2 aromatic carbocycles. The fourth-order valence-corrected chi connectivity index (χ4v) is 2.03. The Kier molecular flexibility index (Phi) is 4.33. The van der Waals surface area contributed by atoms with Gasteiger partial charge in [-0.05, 0) is 43.2 Å². The second kappa shape index (κ2) is 6.17. The van der Waals surface area contributed by atoms with Crippen LogP contribution in [0, 0.1) is 10.1 Å². The Morgan fingerprint density at radius 1 is 1.24 bits per heavy atom. The molecule has 0 radical (unpaired) electrons. The lowest BCUT2D eigenvalue weighted by Gasteiger charge is -2.09. The molecule has 0 saturated heterocycles. The van der Waals surface area contributed by atoms with Gasteiger partial charge in [-0.2, -0.15) is 0 Å². The molecule has 0 aliphatic rings. The van der Waals surface area contributed by atoms with Gasteiger partial charge in [0.1, 0.15) is 5.69 Å². The number of Topliss-reactive ketones (excluding diaryl/α,β-unsaturated/α-hetero) is 1. The Balaban J connectivity index is 2.38. The molecule has 0 fully saturated rings. The molecule has 0 aromatic heterocycles. The van der Waals surface area contributed by atoms with Crippen LogP contribution in [0.25, 0.3) is 0 Å². The molecule has 0 amide bonds. The molecule has 0 aliphatic carbocycles. The number of carbonyl (C=O) groups excluding carboxylic acids is 1. The number of nitro groups is 1. The van der Waals surface area contributed by atoms with E-state index in [2.05, 4.69) is 5.32 Å². The van der Waals surface area contributed by atoms with Gasteiger partial charge in [-0.3, -0.25) is 14.9 Å². The monoisotopic (exact) mass is 284 g/mol. The minimum absolute atomic E-state index is 0.107. The van der Waals surface area contributed by atoms with Crippen LogP contribution in [0.1, 0.15) is 29.8 Å². The minimum atomic E-state index is -0.488.